The topological polar surface area (TPSA) is 212 Å². The molecular formula is C22H30ClN9O2. The Kier molecular flexibility index (Phi) is 10.2. The number of hydrogen-bond acceptors (Lipinski definition) is 8. The zero-order chi connectivity index (χ0) is 25.1. The number of rotatable bonds is 12. The summed E-state index contributed by atoms with van der Waals surface area (Å²) in [4.78, 5) is 35.9. The zero-order valence-corrected chi connectivity index (χ0v) is 19.6. The third kappa shape index (κ3) is 9.02. The maximum Gasteiger partial charge on any atom is 0.280 e. The zero-order valence-electron chi connectivity index (χ0n) is 18.8. The van der Waals surface area contributed by atoms with Gasteiger partial charge in [-0.2, -0.15) is 0 Å². The van der Waals surface area contributed by atoms with Crippen LogP contribution >= 0.6 is 11.6 Å². The van der Waals surface area contributed by atoms with E-state index in [4.69, 9.17) is 39.9 Å². The summed E-state index contributed by atoms with van der Waals surface area (Å²) in [5, 5.41) is 9.45. The lowest BCUT2D eigenvalue weighted by Gasteiger charge is -2.07. The van der Waals surface area contributed by atoms with Crippen LogP contribution in [-0.2, 0) is 17.6 Å². The molecule has 0 aliphatic carbocycles. The van der Waals surface area contributed by atoms with Crippen LogP contribution in [0.5, 0.6) is 0 Å². The molecule has 34 heavy (non-hydrogen) atoms. The van der Waals surface area contributed by atoms with Crippen LogP contribution in [0.25, 0.3) is 0 Å². The molecule has 0 aliphatic heterocycles. The fraction of sp³-hybridized carbons (Fsp3) is 0.364. The Bertz CT molecular complexity index is 1060. The molecular weight excluding hydrogens is 458 g/mol. The quantitative estimate of drug-likeness (QED) is 0.146. The van der Waals surface area contributed by atoms with Crippen molar-refractivity contribution in [1.29, 1.82) is 5.41 Å². The van der Waals surface area contributed by atoms with Crippen molar-refractivity contribution >= 4 is 46.7 Å². The number of anilines is 2. The normalized spacial score (nSPS) is 11.3. The summed E-state index contributed by atoms with van der Waals surface area (Å²) in [7, 11) is 0. The van der Waals surface area contributed by atoms with Crippen LogP contribution < -0.4 is 28.3 Å². The minimum Gasteiger partial charge on any atom is -0.388 e. The molecule has 10 N–H and O–H groups in total. The lowest BCUT2D eigenvalue weighted by molar-refractivity contribution is -0.118. The number of nitrogen functional groups attached to an aromatic ring is 2. The fourth-order valence-corrected chi connectivity index (χ4v) is 3.21. The Morgan fingerprint density at radius 3 is 2.32 bits per heavy atom. The fourth-order valence-electron chi connectivity index (χ4n) is 3.08. The van der Waals surface area contributed by atoms with Crippen molar-refractivity contribution < 1.29 is 9.59 Å². The maximum absolute atomic E-state index is 12.2. The van der Waals surface area contributed by atoms with E-state index in [0.717, 1.165) is 30.4 Å². The second-order valence-electron chi connectivity index (χ2n) is 7.72. The third-order valence-electron chi connectivity index (χ3n) is 4.84. The van der Waals surface area contributed by atoms with E-state index >= 15 is 0 Å². The molecule has 0 atom stereocenters. The highest BCUT2D eigenvalue weighted by Crippen LogP contribution is 2.17. The Balaban J connectivity index is 1.71. The second kappa shape index (κ2) is 13.1. The summed E-state index contributed by atoms with van der Waals surface area (Å²) >= 11 is 5.77. The van der Waals surface area contributed by atoms with Gasteiger partial charge >= 0.3 is 0 Å². The molecule has 1 aromatic heterocycles. The van der Waals surface area contributed by atoms with Crippen molar-refractivity contribution in [2.24, 2.45) is 16.5 Å². The van der Waals surface area contributed by atoms with Crippen LogP contribution in [0.15, 0.2) is 29.3 Å². The highest BCUT2D eigenvalue weighted by molar-refractivity contribution is 6.31. The van der Waals surface area contributed by atoms with Crippen molar-refractivity contribution in [1.82, 2.24) is 15.3 Å². The highest BCUT2D eigenvalue weighted by atomic mass is 35.5. The average Bonchev–Trinajstić information content (AvgIpc) is 2.76. The Morgan fingerprint density at radius 1 is 0.971 bits per heavy atom. The molecule has 0 fully saturated rings. The Morgan fingerprint density at radius 2 is 1.65 bits per heavy atom. The van der Waals surface area contributed by atoms with Crippen molar-refractivity contribution in [3.8, 4) is 0 Å². The molecule has 0 bridgehead atoms. The Hall–Kier alpha value is -3.73. The van der Waals surface area contributed by atoms with E-state index in [0.29, 0.717) is 32.2 Å². The SMILES string of the molecule is N=C(N)CCCC(=O)Cc1ccc(CCCCN=C(N)NC(=O)c2nc(Cl)c(N)nc2N)cc1. The largest absolute Gasteiger partial charge is 0.388 e. The molecule has 1 heterocycles. The molecule has 0 saturated heterocycles. The van der Waals surface area contributed by atoms with E-state index in [1.165, 1.54) is 0 Å². The van der Waals surface area contributed by atoms with Crippen LogP contribution in [-0.4, -0.2) is 40.0 Å². The summed E-state index contributed by atoms with van der Waals surface area (Å²) in [6.45, 7) is 0.433. The molecule has 182 valence electrons. The van der Waals surface area contributed by atoms with Gasteiger partial charge in [-0.05, 0) is 36.8 Å². The lowest BCUT2D eigenvalue weighted by Crippen LogP contribution is -2.38. The van der Waals surface area contributed by atoms with Crippen molar-refractivity contribution in [3.05, 3.63) is 46.2 Å². The van der Waals surface area contributed by atoms with E-state index in [2.05, 4.69) is 20.3 Å². The maximum atomic E-state index is 12.2. The first-order valence-electron chi connectivity index (χ1n) is 10.8. The lowest BCUT2D eigenvalue weighted by atomic mass is 10.0. The molecule has 1 aromatic carbocycles. The summed E-state index contributed by atoms with van der Waals surface area (Å²) in [6.07, 6.45) is 4.37. The smallest absolute Gasteiger partial charge is 0.280 e. The van der Waals surface area contributed by atoms with Crippen LogP contribution in [0.3, 0.4) is 0 Å². The number of benzene rings is 1. The molecule has 2 rings (SSSR count). The van der Waals surface area contributed by atoms with Gasteiger partial charge in [-0.15, -0.1) is 0 Å². The van der Waals surface area contributed by atoms with Crippen molar-refractivity contribution in [3.63, 3.8) is 0 Å². The number of nitrogens with zero attached hydrogens (tertiary/aromatic N) is 3. The number of carbonyl (C=O) groups excluding carboxylic acids is 2. The average molecular weight is 488 g/mol. The molecule has 1 amide bonds. The van der Waals surface area contributed by atoms with E-state index in [1.807, 2.05) is 24.3 Å². The number of aryl methyl sites for hydroxylation is 1. The number of aliphatic imine (C=N–C) groups is 1. The molecule has 0 unspecified atom stereocenters. The monoisotopic (exact) mass is 487 g/mol. The number of Topliss-reactive ketones (excluding diaryl/α,β-unsaturated/α-hetero) is 1. The number of hydrogen-bond donors (Lipinski definition) is 6. The molecule has 12 heteroatoms. The van der Waals surface area contributed by atoms with Crippen LogP contribution in [0, 0.1) is 5.41 Å². The molecule has 0 saturated carbocycles. The number of amides is 1. The number of carbonyl (C=O) groups is 2. The highest BCUT2D eigenvalue weighted by Gasteiger charge is 2.16. The van der Waals surface area contributed by atoms with Crippen molar-refractivity contribution in [2.75, 3.05) is 18.0 Å². The summed E-state index contributed by atoms with van der Waals surface area (Å²) < 4.78 is 0. The number of aromatic nitrogens is 2. The molecule has 11 nitrogen and oxygen atoms in total. The number of halogens is 1. The van der Waals surface area contributed by atoms with Gasteiger partial charge in [0.1, 0.15) is 5.78 Å². The first-order valence-corrected chi connectivity index (χ1v) is 11.2. The first-order chi connectivity index (χ1) is 16.2. The predicted octanol–water partition coefficient (Wildman–Crippen LogP) is 1.58. The van der Waals surface area contributed by atoms with Gasteiger partial charge in [0, 0.05) is 25.8 Å². The summed E-state index contributed by atoms with van der Waals surface area (Å²) in [5.41, 5.74) is 24.1. The summed E-state index contributed by atoms with van der Waals surface area (Å²) in [5.74, 6) is -0.705. The minimum atomic E-state index is -0.675. The standard InChI is InChI=1S/C22H30ClN9O2/c23-18-20(27)31-19(26)17(30-18)21(34)32-22(28)29-11-2-1-4-13-7-9-14(10-8-13)12-15(33)5-3-6-16(24)25/h7-10H,1-6,11-12H2,(H3,24,25)(H4,26,27,31)(H3,28,29,32,34). The number of nitrogens with one attached hydrogen (secondary N) is 2. The molecule has 0 aliphatic rings. The van der Waals surface area contributed by atoms with Gasteiger partial charge in [0.15, 0.2) is 28.4 Å². The van der Waals surface area contributed by atoms with Crippen LogP contribution in [0.2, 0.25) is 5.15 Å². The van der Waals surface area contributed by atoms with Gasteiger partial charge in [0.25, 0.3) is 5.91 Å². The molecule has 0 spiro atoms. The van der Waals surface area contributed by atoms with Gasteiger partial charge in [-0.25, -0.2) is 9.97 Å². The molecule has 2 aromatic rings. The number of ketones is 1. The number of unbranched alkanes of at least 4 members (excludes halogenated alkanes) is 1. The van der Waals surface area contributed by atoms with E-state index in [-0.39, 0.29) is 40.1 Å². The minimum absolute atomic E-state index is 0.0588. The van der Waals surface area contributed by atoms with Gasteiger partial charge in [0.2, 0.25) is 0 Å². The molecule has 0 radical (unpaired) electrons. The van der Waals surface area contributed by atoms with E-state index in [1.54, 1.807) is 0 Å². The number of guanidine groups is 1. The summed E-state index contributed by atoms with van der Waals surface area (Å²) in [6, 6.07) is 7.95. The van der Waals surface area contributed by atoms with Gasteiger partial charge in [0.05, 0.1) is 5.84 Å². The van der Waals surface area contributed by atoms with Crippen LogP contribution in [0.4, 0.5) is 11.6 Å². The third-order valence-corrected chi connectivity index (χ3v) is 5.12. The van der Waals surface area contributed by atoms with Crippen LogP contribution in [0.1, 0.15) is 53.7 Å². The second-order valence-corrected chi connectivity index (χ2v) is 8.08. The predicted molar refractivity (Wildman–Crippen MR) is 134 cm³/mol. The number of nitrogens with two attached hydrogens (primary N) is 4. The Labute approximate surface area is 202 Å². The van der Waals surface area contributed by atoms with E-state index in [9.17, 15) is 9.59 Å². The van der Waals surface area contributed by atoms with Gasteiger partial charge in [-0.3, -0.25) is 25.3 Å². The van der Waals surface area contributed by atoms with Gasteiger partial charge < -0.3 is 22.9 Å². The van der Waals surface area contributed by atoms with Crippen molar-refractivity contribution in [2.45, 2.75) is 44.9 Å². The van der Waals surface area contributed by atoms with Gasteiger partial charge in [-0.1, -0.05) is 35.9 Å². The first kappa shape index (κ1) is 26.5. The van der Waals surface area contributed by atoms with E-state index < -0.39 is 5.91 Å². The number of amidine groups is 1.